The summed E-state index contributed by atoms with van der Waals surface area (Å²) >= 11 is 5.36. The summed E-state index contributed by atoms with van der Waals surface area (Å²) in [5, 5.41) is 17.4. The SMILES string of the molecule is CC(O)Cc1c(F)cc(O)c(Cl)c1F. The van der Waals surface area contributed by atoms with Gasteiger partial charge in [-0.1, -0.05) is 11.6 Å². The lowest BCUT2D eigenvalue weighted by atomic mass is 10.1. The van der Waals surface area contributed by atoms with Crippen LogP contribution in [0.2, 0.25) is 5.02 Å². The molecule has 0 amide bonds. The minimum Gasteiger partial charge on any atom is -0.506 e. The van der Waals surface area contributed by atoms with Gasteiger partial charge < -0.3 is 10.2 Å². The van der Waals surface area contributed by atoms with Crippen LogP contribution < -0.4 is 0 Å². The molecule has 1 atom stereocenters. The van der Waals surface area contributed by atoms with E-state index in [0.717, 1.165) is 6.07 Å². The minimum atomic E-state index is -1.02. The molecule has 1 aromatic carbocycles. The molecule has 0 fully saturated rings. The first-order chi connectivity index (χ1) is 6.43. The van der Waals surface area contributed by atoms with Gasteiger partial charge in [0.1, 0.15) is 16.6 Å². The lowest BCUT2D eigenvalue weighted by molar-refractivity contribution is 0.192. The van der Waals surface area contributed by atoms with E-state index in [4.69, 9.17) is 21.8 Å². The summed E-state index contributed by atoms with van der Waals surface area (Å²) < 4.78 is 26.3. The Bertz CT molecular complexity index is 353. The summed E-state index contributed by atoms with van der Waals surface area (Å²) in [6.07, 6.45) is -1.06. The first-order valence-corrected chi connectivity index (χ1v) is 4.34. The van der Waals surface area contributed by atoms with Crippen LogP contribution >= 0.6 is 11.6 Å². The number of halogens is 3. The van der Waals surface area contributed by atoms with Gasteiger partial charge in [0.25, 0.3) is 0 Å². The Morgan fingerprint density at radius 3 is 2.57 bits per heavy atom. The van der Waals surface area contributed by atoms with Gasteiger partial charge in [0.05, 0.1) is 6.10 Å². The van der Waals surface area contributed by atoms with Gasteiger partial charge in [-0.2, -0.15) is 0 Å². The standard InChI is InChI=1S/C9H9ClF2O2/c1-4(13)2-5-6(11)3-7(14)8(10)9(5)12/h3-4,13-14H,2H2,1H3. The number of benzene rings is 1. The summed E-state index contributed by atoms with van der Waals surface area (Å²) in [7, 11) is 0. The van der Waals surface area contributed by atoms with Crippen LogP contribution in [0, 0.1) is 11.6 Å². The predicted molar refractivity (Wildman–Crippen MR) is 48.4 cm³/mol. The fourth-order valence-electron chi connectivity index (χ4n) is 1.10. The van der Waals surface area contributed by atoms with E-state index in [9.17, 15) is 8.78 Å². The fraction of sp³-hybridized carbons (Fsp3) is 0.333. The molecule has 1 unspecified atom stereocenters. The monoisotopic (exact) mass is 222 g/mol. The average Bonchev–Trinajstić information content (AvgIpc) is 2.09. The zero-order valence-corrected chi connectivity index (χ0v) is 8.15. The largest absolute Gasteiger partial charge is 0.506 e. The first kappa shape index (κ1) is 11.2. The van der Waals surface area contributed by atoms with E-state index < -0.39 is 28.5 Å². The molecule has 0 heterocycles. The quantitative estimate of drug-likeness (QED) is 0.754. The summed E-state index contributed by atoms with van der Waals surface area (Å²) in [6.45, 7) is 1.40. The second kappa shape index (κ2) is 4.11. The van der Waals surface area contributed by atoms with Crippen molar-refractivity contribution in [2.75, 3.05) is 0 Å². The third-order valence-electron chi connectivity index (χ3n) is 1.73. The molecule has 0 aromatic heterocycles. The smallest absolute Gasteiger partial charge is 0.151 e. The van der Waals surface area contributed by atoms with Crippen molar-refractivity contribution in [3.63, 3.8) is 0 Å². The zero-order chi connectivity index (χ0) is 10.9. The highest BCUT2D eigenvalue weighted by Crippen LogP contribution is 2.31. The molecule has 0 saturated carbocycles. The molecule has 0 aliphatic rings. The second-order valence-electron chi connectivity index (χ2n) is 3.04. The van der Waals surface area contributed by atoms with Crippen molar-refractivity contribution in [3.05, 3.63) is 28.3 Å². The van der Waals surface area contributed by atoms with Crippen LogP contribution in [-0.2, 0) is 6.42 Å². The second-order valence-corrected chi connectivity index (χ2v) is 3.42. The third-order valence-corrected chi connectivity index (χ3v) is 2.09. The van der Waals surface area contributed by atoms with Crippen molar-refractivity contribution in [1.29, 1.82) is 0 Å². The third kappa shape index (κ3) is 2.13. The highest BCUT2D eigenvalue weighted by Gasteiger charge is 2.17. The maximum atomic E-state index is 13.2. The number of hydrogen-bond donors (Lipinski definition) is 2. The molecule has 0 radical (unpaired) electrons. The molecule has 14 heavy (non-hydrogen) atoms. The van der Waals surface area contributed by atoms with Crippen LogP contribution in [0.3, 0.4) is 0 Å². The van der Waals surface area contributed by atoms with E-state index in [2.05, 4.69) is 0 Å². The zero-order valence-electron chi connectivity index (χ0n) is 7.39. The number of aliphatic hydroxyl groups is 1. The molecule has 0 bridgehead atoms. The molecule has 2 N–H and O–H groups in total. The maximum Gasteiger partial charge on any atom is 0.151 e. The molecule has 0 spiro atoms. The first-order valence-electron chi connectivity index (χ1n) is 3.97. The maximum absolute atomic E-state index is 13.2. The van der Waals surface area contributed by atoms with Gasteiger partial charge in [-0.25, -0.2) is 8.78 Å². The van der Waals surface area contributed by atoms with Gasteiger partial charge in [0, 0.05) is 18.1 Å². The highest BCUT2D eigenvalue weighted by molar-refractivity contribution is 6.32. The molecule has 0 aliphatic heterocycles. The van der Waals surface area contributed by atoms with E-state index in [0.29, 0.717) is 0 Å². The Morgan fingerprint density at radius 1 is 1.50 bits per heavy atom. The lowest BCUT2D eigenvalue weighted by Gasteiger charge is -2.09. The summed E-state index contributed by atoms with van der Waals surface area (Å²) in [5.74, 6) is -2.58. The molecule has 0 saturated heterocycles. The Hall–Kier alpha value is -0.870. The Kier molecular flexibility index (Phi) is 3.29. The van der Waals surface area contributed by atoms with Crippen LogP contribution in [0.4, 0.5) is 8.78 Å². The van der Waals surface area contributed by atoms with Crippen LogP contribution in [-0.4, -0.2) is 16.3 Å². The Labute approximate surface area is 84.7 Å². The molecule has 1 rings (SSSR count). The lowest BCUT2D eigenvalue weighted by Crippen LogP contribution is -2.08. The van der Waals surface area contributed by atoms with Crippen LogP contribution in [0.1, 0.15) is 12.5 Å². The van der Waals surface area contributed by atoms with Crippen LogP contribution in [0.15, 0.2) is 6.07 Å². The molecular weight excluding hydrogens is 214 g/mol. The van der Waals surface area contributed by atoms with Gasteiger partial charge >= 0.3 is 0 Å². The van der Waals surface area contributed by atoms with Crippen molar-refractivity contribution in [3.8, 4) is 5.75 Å². The van der Waals surface area contributed by atoms with Crippen molar-refractivity contribution in [2.24, 2.45) is 0 Å². The van der Waals surface area contributed by atoms with E-state index in [-0.39, 0.29) is 12.0 Å². The summed E-state index contributed by atoms with van der Waals surface area (Å²) in [5.41, 5.74) is -0.317. The topological polar surface area (TPSA) is 40.5 Å². The number of aliphatic hydroxyl groups excluding tert-OH is 1. The van der Waals surface area contributed by atoms with E-state index in [1.54, 1.807) is 0 Å². The normalized spacial score (nSPS) is 12.9. The molecule has 2 nitrogen and oxygen atoms in total. The van der Waals surface area contributed by atoms with E-state index in [1.807, 2.05) is 0 Å². The van der Waals surface area contributed by atoms with Gasteiger partial charge in [-0.15, -0.1) is 0 Å². The van der Waals surface area contributed by atoms with E-state index in [1.165, 1.54) is 6.92 Å². The Balaban J connectivity index is 3.22. The van der Waals surface area contributed by atoms with Crippen molar-refractivity contribution >= 4 is 11.6 Å². The van der Waals surface area contributed by atoms with Gasteiger partial charge in [-0.05, 0) is 6.92 Å². The Morgan fingerprint density at radius 2 is 2.07 bits per heavy atom. The average molecular weight is 223 g/mol. The van der Waals surface area contributed by atoms with Gasteiger partial charge in [0.15, 0.2) is 5.82 Å². The molecule has 78 valence electrons. The van der Waals surface area contributed by atoms with Crippen LogP contribution in [0.5, 0.6) is 5.75 Å². The predicted octanol–water partition coefficient (Wildman–Crippen LogP) is 2.25. The minimum absolute atomic E-state index is 0.183. The van der Waals surface area contributed by atoms with Crippen molar-refractivity contribution in [1.82, 2.24) is 0 Å². The molecule has 1 aromatic rings. The summed E-state index contributed by atoms with van der Waals surface area (Å²) in [4.78, 5) is 0. The molecule has 0 aliphatic carbocycles. The number of hydrogen-bond acceptors (Lipinski definition) is 2. The van der Waals surface area contributed by atoms with Gasteiger partial charge in [0.2, 0.25) is 0 Å². The van der Waals surface area contributed by atoms with E-state index >= 15 is 0 Å². The number of aromatic hydroxyl groups is 1. The summed E-state index contributed by atoms with van der Waals surface area (Å²) in [6, 6.07) is 0.725. The van der Waals surface area contributed by atoms with Crippen molar-refractivity contribution < 1.29 is 19.0 Å². The molecule has 5 heteroatoms. The van der Waals surface area contributed by atoms with Crippen molar-refractivity contribution in [2.45, 2.75) is 19.4 Å². The number of phenolic OH excluding ortho intramolecular Hbond substituents is 1. The highest BCUT2D eigenvalue weighted by atomic mass is 35.5. The molecular formula is C9H9ClF2O2. The van der Waals surface area contributed by atoms with Crippen LogP contribution in [0.25, 0.3) is 0 Å². The fourth-order valence-corrected chi connectivity index (χ4v) is 1.27. The van der Waals surface area contributed by atoms with Gasteiger partial charge in [-0.3, -0.25) is 0 Å². The number of phenols is 1. The number of rotatable bonds is 2.